The molecule has 1 aromatic rings. The van der Waals surface area contributed by atoms with E-state index in [9.17, 15) is 10.2 Å². The van der Waals surface area contributed by atoms with E-state index in [1.165, 1.54) is 96.0 Å². The Morgan fingerprint density at radius 1 is 0.680 bits per heavy atom. The largest absolute Gasteiger partial charge is 0.508 e. The molecule has 2 N–H and O–H groups in total. The predicted molar refractivity (Wildman–Crippen MR) is 111 cm³/mol. The third-order valence-corrected chi connectivity index (χ3v) is 5.83. The molecule has 144 valence electrons. The van der Waals surface area contributed by atoms with Crippen molar-refractivity contribution in [3.8, 4) is 11.5 Å². The number of unbranched alkanes of at least 4 members (excludes halogenated alkanes) is 13. The van der Waals surface area contributed by atoms with Gasteiger partial charge in [0.2, 0.25) is 0 Å². The number of phenols is 2. The summed E-state index contributed by atoms with van der Waals surface area (Å²) < 4.78 is 0. The lowest BCUT2D eigenvalue weighted by molar-refractivity contribution is 0.448. The first kappa shape index (κ1) is 22.2. The van der Waals surface area contributed by atoms with Gasteiger partial charge in [0.05, 0.1) is 4.90 Å². The van der Waals surface area contributed by atoms with Crippen LogP contribution in [0.25, 0.3) is 0 Å². The van der Waals surface area contributed by atoms with E-state index in [2.05, 4.69) is 6.92 Å². The molecular weight excluding hydrogens is 328 g/mol. The summed E-state index contributed by atoms with van der Waals surface area (Å²) >= 11 is 1.64. The standard InChI is InChI=1S/C22H38O2S/c1-2-3-4-5-6-7-8-9-10-11-12-13-14-15-18-25-22-19-20(23)16-17-21(22)24/h16-17,19,23-24H,2-15,18H2,1H3. The second kappa shape index (κ2) is 15.4. The Labute approximate surface area is 159 Å². The molecule has 3 heteroatoms. The van der Waals surface area contributed by atoms with Crippen molar-refractivity contribution >= 4 is 11.8 Å². The van der Waals surface area contributed by atoms with Crippen molar-refractivity contribution in [2.75, 3.05) is 5.75 Å². The fraction of sp³-hybridized carbons (Fsp3) is 0.727. The van der Waals surface area contributed by atoms with Crippen molar-refractivity contribution in [2.45, 2.75) is 102 Å². The smallest absolute Gasteiger partial charge is 0.129 e. The van der Waals surface area contributed by atoms with Crippen molar-refractivity contribution in [3.05, 3.63) is 18.2 Å². The first-order chi connectivity index (χ1) is 12.2. The summed E-state index contributed by atoms with van der Waals surface area (Å²) in [5.74, 6) is 1.50. The van der Waals surface area contributed by atoms with Gasteiger partial charge in [-0.3, -0.25) is 0 Å². The molecule has 2 nitrogen and oxygen atoms in total. The van der Waals surface area contributed by atoms with Crippen molar-refractivity contribution in [1.82, 2.24) is 0 Å². The number of hydrogen-bond donors (Lipinski definition) is 2. The molecule has 0 fully saturated rings. The molecule has 0 unspecified atom stereocenters. The zero-order chi connectivity index (χ0) is 18.2. The molecule has 0 bridgehead atoms. The Bertz CT molecular complexity index is 434. The van der Waals surface area contributed by atoms with Crippen LogP contribution in [0.2, 0.25) is 0 Å². The topological polar surface area (TPSA) is 40.5 Å². The Kier molecular flexibility index (Phi) is 13.7. The fourth-order valence-electron chi connectivity index (χ4n) is 3.10. The third kappa shape index (κ3) is 12.2. The van der Waals surface area contributed by atoms with E-state index in [4.69, 9.17) is 0 Å². The SMILES string of the molecule is CCCCCCCCCCCCCCCCSc1cc(O)ccc1O. The van der Waals surface area contributed by atoms with Crippen molar-refractivity contribution in [2.24, 2.45) is 0 Å². The van der Waals surface area contributed by atoms with Crippen molar-refractivity contribution < 1.29 is 10.2 Å². The highest BCUT2D eigenvalue weighted by Gasteiger charge is 2.02. The molecule has 0 aliphatic heterocycles. The molecule has 0 atom stereocenters. The van der Waals surface area contributed by atoms with Gasteiger partial charge >= 0.3 is 0 Å². The summed E-state index contributed by atoms with van der Waals surface area (Å²) in [6, 6.07) is 4.72. The van der Waals surface area contributed by atoms with Gasteiger partial charge in [-0.2, -0.15) is 0 Å². The molecule has 1 aromatic carbocycles. The quantitative estimate of drug-likeness (QED) is 0.179. The van der Waals surface area contributed by atoms with Crippen molar-refractivity contribution in [1.29, 1.82) is 0 Å². The fourth-order valence-corrected chi connectivity index (χ4v) is 4.09. The Balaban J connectivity index is 1.82. The minimum Gasteiger partial charge on any atom is -0.508 e. The molecule has 0 saturated carbocycles. The maximum Gasteiger partial charge on any atom is 0.129 e. The van der Waals surface area contributed by atoms with Gasteiger partial charge in [0.15, 0.2) is 0 Å². The van der Waals surface area contributed by atoms with Crippen LogP contribution in [0.15, 0.2) is 23.1 Å². The van der Waals surface area contributed by atoms with Crippen molar-refractivity contribution in [3.63, 3.8) is 0 Å². The van der Waals surface area contributed by atoms with E-state index in [0.29, 0.717) is 0 Å². The molecule has 0 aliphatic rings. The van der Waals surface area contributed by atoms with Gasteiger partial charge in [0.25, 0.3) is 0 Å². The monoisotopic (exact) mass is 366 g/mol. The minimum absolute atomic E-state index is 0.223. The third-order valence-electron chi connectivity index (χ3n) is 4.70. The molecule has 0 heterocycles. The molecule has 0 aromatic heterocycles. The average Bonchev–Trinajstić information content (AvgIpc) is 2.61. The normalized spacial score (nSPS) is 11.1. The van der Waals surface area contributed by atoms with Gasteiger partial charge in [0.1, 0.15) is 11.5 Å². The van der Waals surface area contributed by atoms with Crippen LogP contribution in [0.4, 0.5) is 0 Å². The summed E-state index contributed by atoms with van der Waals surface area (Å²) in [5, 5.41) is 19.2. The highest BCUT2D eigenvalue weighted by Crippen LogP contribution is 2.32. The van der Waals surface area contributed by atoms with Crippen LogP contribution in [0.1, 0.15) is 96.8 Å². The molecule has 1 rings (SSSR count). The second-order valence-corrected chi connectivity index (χ2v) is 8.23. The highest BCUT2D eigenvalue weighted by atomic mass is 32.2. The highest BCUT2D eigenvalue weighted by molar-refractivity contribution is 7.99. The number of rotatable bonds is 16. The maximum absolute atomic E-state index is 9.72. The Hall–Kier alpha value is -0.830. The summed E-state index contributed by atoms with van der Waals surface area (Å²) in [4.78, 5) is 0.787. The summed E-state index contributed by atoms with van der Waals surface area (Å²) in [6.07, 6.45) is 19.3. The number of hydrogen-bond acceptors (Lipinski definition) is 3. The maximum atomic E-state index is 9.72. The first-order valence-corrected chi connectivity index (χ1v) is 11.4. The number of benzene rings is 1. The summed E-state index contributed by atoms with van der Waals surface area (Å²) in [6.45, 7) is 2.28. The van der Waals surface area contributed by atoms with E-state index in [1.807, 2.05) is 0 Å². The average molecular weight is 367 g/mol. The van der Waals surface area contributed by atoms with E-state index in [-0.39, 0.29) is 11.5 Å². The van der Waals surface area contributed by atoms with Gasteiger partial charge in [0, 0.05) is 0 Å². The van der Waals surface area contributed by atoms with Gasteiger partial charge in [-0.25, -0.2) is 0 Å². The van der Waals surface area contributed by atoms with Gasteiger partial charge < -0.3 is 10.2 Å². The lowest BCUT2D eigenvalue weighted by Crippen LogP contribution is -1.85. The molecule has 0 amide bonds. The van der Waals surface area contributed by atoms with E-state index in [0.717, 1.165) is 10.6 Å². The number of thioether (sulfide) groups is 1. The first-order valence-electron chi connectivity index (χ1n) is 10.4. The molecular formula is C22H38O2S. The number of aromatic hydroxyl groups is 2. The zero-order valence-electron chi connectivity index (χ0n) is 16.1. The molecule has 0 aliphatic carbocycles. The van der Waals surface area contributed by atoms with Gasteiger partial charge in [-0.1, -0.05) is 90.4 Å². The second-order valence-electron chi connectivity index (χ2n) is 7.10. The van der Waals surface area contributed by atoms with Gasteiger partial charge in [-0.05, 0) is 30.4 Å². The molecule has 0 saturated heterocycles. The summed E-state index contributed by atoms with van der Waals surface area (Å²) in [7, 11) is 0. The molecule has 25 heavy (non-hydrogen) atoms. The van der Waals surface area contributed by atoms with E-state index in [1.54, 1.807) is 23.9 Å². The van der Waals surface area contributed by atoms with Crippen LogP contribution in [0.3, 0.4) is 0 Å². The van der Waals surface area contributed by atoms with Crippen LogP contribution < -0.4 is 0 Å². The Morgan fingerprint density at radius 3 is 1.68 bits per heavy atom. The molecule has 0 radical (unpaired) electrons. The Morgan fingerprint density at radius 2 is 1.16 bits per heavy atom. The van der Waals surface area contributed by atoms with Gasteiger partial charge in [-0.15, -0.1) is 11.8 Å². The van der Waals surface area contributed by atoms with Crippen LogP contribution in [-0.2, 0) is 0 Å². The van der Waals surface area contributed by atoms with E-state index >= 15 is 0 Å². The number of phenolic OH excluding ortho intramolecular Hbond substituents is 2. The summed E-state index contributed by atoms with van der Waals surface area (Å²) in [5.41, 5.74) is 0. The predicted octanol–water partition coefficient (Wildman–Crippen LogP) is 7.67. The van der Waals surface area contributed by atoms with Crippen LogP contribution >= 0.6 is 11.8 Å². The minimum atomic E-state index is 0.223. The molecule has 0 spiro atoms. The van der Waals surface area contributed by atoms with Crippen LogP contribution in [0, 0.1) is 0 Å². The zero-order valence-corrected chi connectivity index (χ0v) is 17.0. The lowest BCUT2D eigenvalue weighted by Gasteiger charge is -2.05. The van der Waals surface area contributed by atoms with Crippen LogP contribution in [-0.4, -0.2) is 16.0 Å². The van der Waals surface area contributed by atoms with E-state index < -0.39 is 0 Å². The van der Waals surface area contributed by atoms with Crippen LogP contribution in [0.5, 0.6) is 11.5 Å². The lowest BCUT2D eigenvalue weighted by atomic mass is 10.0.